The van der Waals surface area contributed by atoms with Gasteiger partial charge >= 0.3 is 5.97 Å². The van der Waals surface area contributed by atoms with E-state index in [0.29, 0.717) is 6.42 Å². The second kappa shape index (κ2) is 6.62. The van der Waals surface area contributed by atoms with Gasteiger partial charge in [0.05, 0.1) is 13.5 Å². The molecule has 0 spiro atoms. The molecule has 0 amide bonds. The Morgan fingerprint density at radius 1 is 1.41 bits per heavy atom. The lowest BCUT2D eigenvalue weighted by molar-refractivity contribution is -0.141. The monoisotopic (exact) mass is 255 g/mol. The molecule has 94 valence electrons. The molecular formula is C13H18ClNO2. The maximum atomic E-state index is 11.1. The zero-order valence-corrected chi connectivity index (χ0v) is 11.1. The SMILES string of the molecule is COC(=O)CC(C)NC(C)c1ccccc1Cl. The number of carbonyl (C=O) groups excluding carboxylic acids is 1. The molecular weight excluding hydrogens is 238 g/mol. The van der Waals surface area contributed by atoms with Gasteiger partial charge in [0.2, 0.25) is 0 Å². The lowest BCUT2D eigenvalue weighted by atomic mass is 10.1. The molecule has 0 aromatic heterocycles. The quantitative estimate of drug-likeness (QED) is 0.822. The molecule has 0 bridgehead atoms. The van der Waals surface area contributed by atoms with Crippen LogP contribution < -0.4 is 5.32 Å². The van der Waals surface area contributed by atoms with Crippen molar-refractivity contribution in [3.05, 3.63) is 34.9 Å². The Kier molecular flexibility index (Phi) is 5.45. The summed E-state index contributed by atoms with van der Waals surface area (Å²) in [5.41, 5.74) is 1.03. The molecule has 0 saturated carbocycles. The Hall–Kier alpha value is -1.06. The number of benzene rings is 1. The van der Waals surface area contributed by atoms with Gasteiger partial charge < -0.3 is 10.1 Å². The van der Waals surface area contributed by atoms with Crippen LogP contribution in [-0.4, -0.2) is 19.1 Å². The van der Waals surface area contributed by atoms with E-state index in [1.807, 2.05) is 38.1 Å². The summed E-state index contributed by atoms with van der Waals surface area (Å²) in [5, 5.41) is 4.05. The van der Waals surface area contributed by atoms with Crippen molar-refractivity contribution in [1.29, 1.82) is 0 Å². The minimum Gasteiger partial charge on any atom is -0.469 e. The average Bonchev–Trinajstić information content (AvgIpc) is 2.29. The second-order valence-corrected chi connectivity index (χ2v) is 4.50. The van der Waals surface area contributed by atoms with Gasteiger partial charge in [0.25, 0.3) is 0 Å². The van der Waals surface area contributed by atoms with Crippen LogP contribution in [0, 0.1) is 0 Å². The van der Waals surface area contributed by atoms with Crippen molar-refractivity contribution in [2.24, 2.45) is 0 Å². The molecule has 4 heteroatoms. The minimum atomic E-state index is -0.212. The normalized spacial score (nSPS) is 14.1. The number of hydrogen-bond donors (Lipinski definition) is 1. The number of esters is 1. The topological polar surface area (TPSA) is 38.3 Å². The fourth-order valence-electron chi connectivity index (χ4n) is 1.74. The number of rotatable bonds is 5. The Balaban J connectivity index is 2.57. The van der Waals surface area contributed by atoms with E-state index in [9.17, 15) is 4.79 Å². The van der Waals surface area contributed by atoms with Crippen LogP contribution in [0.25, 0.3) is 0 Å². The van der Waals surface area contributed by atoms with Gasteiger partial charge in [-0.25, -0.2) is 0 Å². The van der Waals surface area contributed by atoms with Crippen LogP contribution in [-0.2, 0) is 9.53 Å². The Bertz CT molecular complexity index is 381. The lowest BCUT2D eigenvalue weighted by Gasteiger charge is -2.20. The molecule has 0 fully saturated rings. The maximum absolute atomic E-state index is 11.1. The van der Waals surface area contributed by atoms with Crippen LogP contribution in [0.4, 0.5) is 0 Å². The van der Waals surface area contributed by atoms with E-state index in [0.717, 1.165) is 10.6 Å². The molecule has 0 saturated heterocycles. The third kappa shape index (κ3) is 4.36. The largest absolute Gasteiger partial charge is 0.469 e. The number of halogens is 1. The predicted molar refractivity (Wildman–Crippen MR) is 69.1 cm³/mol. The van der Waals surface area contributed by atoms with Crippen molar-refractivity contribution in [1.82, 2.24) is 5.32 Å². The van der Waals surface area contributed by atoms with E-state index in [1.165, 1.54) is 7.11 Å². The zero-order chi connectivity index (χ0) is 12.8. The molecule has 0 aliphatic rings. The van der Waals surface area contributed by atoms with Crippen LogP contribution in [0.15, 0.2) is 24.3 Å². The zero-order valence-electron chi connectivity index (χ0n) is 10.4. The van der Waals surface area contributed by atoms with E-state index in [4.69, 9.17) is 11.6 Å². The highest BCUT2D eigenvalue weighted by Crippen LogP contribution is 2.22. The molecule has 3 nitrogen and oxygen atoms in total. The second-order valence-electron chi connectivity index (χ2n) is 4.09. The summed E-state index contributed by atoms with van der Waals surface area (Å²) >= 11 is 6.10. The van der Waals surface area contributed by atoms with Crippen LogP contribution in [0.2, 0.25) is 5.02 Å². The molecule has 1 rings (SSSR count). The first-order chi connectivity index (χ1) is 8.04. The van der Waals surface area contributed by atoms with E-state index in [1.54, 1.807) is 0 Å². The Morgan fingerprint density at radius 3 is 2.65 bits per heavy atom. The fourth-order valence-corrected chi connectivity index (χ4v) is 2.03. The molecule has 0 radical (unpaired) electrons. The van der Waals surface area contributed by atoms with Crippen LogP contribution in [0.5, 0.6) is 0 Å². The summed E-state index contributed by atoms with van der Waals surface area (Å²) < 4.78 is 4.63. The molecule has 0 aliphatic carbocycles. The Labute approximate surface area is 107 Å². The van der Waals surface area contributed by atoms with Gasteiger partial charge in [-0.1, -0.05) is 29.8 Å². The third-order valence-electron chi connectivity index (χ3n) is 2.61. The molecule has 1 aromatic carbocycles. The first kappa shape index (κ1) is 14.0. The van der Waals surface area contributed by atoms with Crippen LogP contribution in [0.1, 0.15) is 31.9 Å². The van der Waals surface area contributed by atoms with Gasteiger partial charge in [0.1, 0.15) is 0 Å². The van der Waals surface area contributed by atoms with Crippen LogP contribution in [0.3, 0.4) is 0 Å². The van der Waals surface area contributed by atoms with Crippen molar-refractivity contribution in [2.45, 2.75) is 32.4 Å². The first-order valence-corrected chi connectivity index (χ1v) is 5.99. The number of hydrogen-bond acceptors (Lipinski definition) is 3. The standard InChI is InChI=1S/C13H18ClNO2/c1-9(8-13(16)17-3)15-10(2)11-6-4-5-7-12(11)14/h4-7,9-10,15H,8H2,1-3H3. The van der Waals surface area contributed by atoms with Crippen molar-refractivity contribution >= 4 is 17.6 Å². The first-order valence-electron chi connectivity index (χ1n) is 5.62. The molecule has 1 N–H and O–H groups in total. The smallest absolute Gasteiger partial charge is 0.307 e. The van der Waals surface area contributed by atoms with Gasteiger partial charge in [-0.2, -0.15) is 0 Å². The highest BCUT2D eigenvalue weighted by Gasteiger charge is 2.14. The minimum absolute atomic E-state index is 0.0497. The van der Waals surface area contributed by atoms with Gasteiger partial charge in [-0.05, 0) is 25.5 Å². The van der Waals surface area contributed by atoms with Gasteiger partial charge in [0.15, 0.2) is 0 Å². The van der Waals surface area contributed by atoms with Crippen molar-refractivity contribution < 1.29 is 9.53 Å². The lowest BCUT2D eigenvalue weighted by Crippen LogP contribution is -2.31. The highest BCUT2D eigenvalue weighted by atomic mass is 35.5. The van der Waals surface area contributed by atoms with Crippen molar-refractivity contribution in [3.8, 4) is 0 Å². The molecule has 17 heavy (non-hydrogen) atoms. The molecule has 0 aliphatic heterocycles. The highest BCUT2D eigenvalue weighted by molar-refractivity contribution is 6.31. The Morgan fingerprint density at radius 2 is 2.06 bits per heavy atom. The summed E-state index contributed by atoms with van der Waals surface area (Å²) in [6, 6.07) is 7.84. The van der Waals surface area contributed by atoms with Crippen molar-refractivity contribution in [3.63, 3.8) is 0 Å². The summed E-state index contributed by atoms with van der Waals surface area (Å²) in [4.78, 5) is 11.1. The number of carbonyl (C=O) groups is 1. The maximum Gasteiger partial charge on any atom is 0.307 e. The third-order valence-corrected chi connectivity index (χ3v) is 2.95. The van der Waals surface area contributed by atoms with E-state index >= 15 is 0 Å². The summed E-state index contributed by atoms with van der Waals surface area (Å²) in [7, 11) is 1.40. The summed E-state index contributed by atoms with van der Waals surface area (Å²) in [5.74, 6) is -0.212. The number of ether oxygens (including phenoxy) is 1. The molecule has 2 unspecified atom stereocenters. The summed E-state index contributed by atoms with van der Waals surface area (Å²) in [6.07, 6.45) is 0.352. The average molecular weight is 256 g/mol. The number of methoxy groups -OCH3 is 1. The van der Waals surface area contributed by atoms with Gasteiger partial charge in [-0.15, -0.1) is 0 Å². The summed E-state index contributed by atoms with van der Waals surface area (Å²) in [6.45, 7) is 3.97. The van der Waals surface area contributed by atoms with E-state index in [-0.39, 0.29) is 18.1 Å². The fraction of sp³-hybridized carbons (Fsp3) is 0.462. The molecule has 0 heterocycles. The van der Waals surface area contributed by atoms with Gasteiger partial charge in [-0.3, -0.25) is 4.79 Å². The van der Waals surface area contributed by atoms with E-state index < -0.39 is 0 Å². The predicted octanol–water partition coefficient (Wildman–Crippen LogP) is 2.94. The molecule has 1 aromatic rings. The molecule has 2 atom stereocenters. The van der Waals surface area contributed by atoms with Crippen molar-refractivity contribution in [2.75, 3.05) is 7.11 Å². The number of nitrogens with one attached hydrogen (secondary N) is 1. The van der Waals surface area contributed by atoms with Gasteiger partial charge in [0, 0.05) is 17.1 Å². The van der Waals surface area contributed by atoms with E-state index in [2.05, 4.69) is 10.1 Å². The van der Waals surface area contributed by atoms with Crippen LogP contribution >= 0.6 is 11.6 Å².